The molecule has 3 amide bonds. The zero-order chi connectivity index (χ0) is 19.4. The third kappa shape index (κ3) is 4.58. The molecule has 0 aliphatic carbocycles. The summed E-state index contributed by atoms with van der Waals surface area (Å²) in [6.45, 7) is 0.653. The lowest BCUT2D eigenvalue weighted by Crippen LogP contribution is -2.35. The molecule has 3 rings (SSSR count). The molecular weight excluding hydrogens is 359 g/mol. The molecule has 0 radical (unpaired) electrons. The number of benzene rings is 2. The number of carbonyl (C=O) groups excluding carboxylic acids is 2. The van der Waals surface area contributed by atoms with Crippen molar-refractivity contribution in [2.24, 2.45) is 0 Å². The van der Waals surface area contributed by atoms with Gasteiger partial charge in [-0.2, -0.15) is 13.2 Å². The molecule has 0 spiro atoms. The van der Waals surface area contributed by atoms with Crippen LogP contribution in [0.5, 0.6) is 0 Å². The van der Waals surface area contributed by atoms with Crippen molar-refractivity contribution in [3.8, 4) is 0 Å². The molecule has 1 heterocycles. The Morgan fingerprint density at radius 3 is 2.33 bits per heavy atom. The third-order valence-corrected chi connectivity index (χ3v) is 4.24. The van der Waals surface area contributed by atoms with Gasteiger partial charge in [-0.15, -0.1) is 0 Å². The number of piperidine rings is 1. The minimum atomic E-state index is -4.56. The lowest BCUT2D eigenvalue weighted by molar-refractivity contribution is -0.136. The zero-order valence-electron chi connectivity index (χ0n) is 14.3. The van der Waals surface area contributed by atoms with Crippen LogP contribution in [0.1, 0.15) is 24.8 Å². The number of rotatable bonds is 3. The predicted molar refractivity (Wildman–Crippen MR) is 96.7 cm³/mol. The molecule has 0 unspecified atom stereocenters. The van der Waals surface area contributed by atoms with Gasteiger partial charge in [0.2, 0.25) is 5.91 Å². The lowest BCUT2D eigenvalue weighted by Gasteiger charge is -2.26. The van der Waals surface area contributed by atoms with Gasteiger partial charge in [-0.05, 0) is 49.2 Å². The number of para-hydroxylation sites is 1. The van der Waals surface area contributed by atoms with Crippen molar-refractivity contribution < 1.29 is 22.8 Å². The van der Waals surface area contributed by atoms with Gasteiger partial charge in [0.25, 0.3) is 0 Å². The predicted octanol–water partition coefficient (Wildman–Crippen LogP) is 4.87. The highest BCUT2D eigenvalue weighted by molar-refractivity contribution is 6.00. The van der Waals surface area contributed by atoms with Crippen LogP contribution in [-0.2, 0) is 11.0 Å². The molecule has 0 aromatic heterocycles. The van der Waals surface area contributed by atoms with E-state index in [1.807, 2.05) is 0 Å². The summed E-state index contributed by atoms with van der Waals surface area (Å²) in [6.07, 6.45) is -2.23. The number of amides is 3. The fourth-order valence-electron chi connectivity index (χ4n) is 2.93. The molecule has 1 fully saturated rings. The van der Waals surface area contributed by atoms with E-state index in [1.165, 1.54) is 18.2 Å². The smallest absolute Gasteiger partial charge is 0.312 e. The topological polar surface area (TPSA) is 61.4 Å². The molecule has 2 aromatic carbocycles. The standard InChI is InChI=1S/C19H18F3N3O2/c20-19(21,22)15-5-1-2-6-16(15)24-18(27)23-13-8-10-14(11-9-13)25-12-4-3-7-17(25)26/h1-2,5-6,8-11H,3-4,7,12H2,(H2,23,24,27). The van der Waals surface area contributed by atoms with Crippen LogP contribution in [0, 0.1) is 0 Å². The maximum absolute atomic E-state index is 13.0. The first-order chi connectivity index (χ1) is 12.8. The number of alkyl halides is 3. The van der Waals surface area contributed by atoms with Gasteiger partial charge in [0.05, 0.1) is 11.3 Å². The fraction of sp³-hybridized carbons (Fsp3) is 0.263. The first-order valence-electron chi connectivity index (χ1n) is 8.49. The molecule has 0 saturated carbocycles. The van der Waals surface area contributed by atoms with Gasteiger partial charge >= 0.3 is 12.2 Å². The molecule has 2 N–H and O–H groups in total. The van der Waals surface area contributed by atoms with Gasteiger partial charge in [0.1, 0.15) is 0 Å². The first-order valence-corrected chi connectivity index (χ1v) is 8.49. The molecular formula is C19H18F3N3O2. The molecule has 1 aliphatic heterocycles. The number of hydrogen-bond donors (Lipinski definition) is 2. The Hall–Kier alpha value is -3.03. The van der Waals surface area contributed by atoms with Crippen LogP contribution < -0.4 is 15.5 Å². The highest BCUT2D eigenvalue weighted by Gasteiger charge is 2.33. The maximum Gasteiger partial charge on any atom is 0.418 e. The lowest BCUT2D eigenvalue weighted by atomic mass is 10.1. The van der Waals surface area contributed by atoms with E-state index in [4.69, 9.17) is 0 Å². The largest absolute Gasteiger partial charge is 0.418 e. The van der Waals surface area contributed by atoms with E-state index in [0.29, 0.717) is 18.7 Å². The minimum Gasteiger partial charge on any atom is -0.312 e. The number of nitrogens with zero attached hydrogens (tertiary/aromatic N) is 1. The minimum absolute atomic E-state index is 0.0588. The molecule has 8 heteroatoms. The molecule has 2 aromatic rings. The summed E-state index contributed by atoms with van der Waals surface area (Å²) >= 11 is 0. The van der Waals surface area contributed by atoms with Crippen molar-refractivity contribution in [1.82, 2.24) is 0 Å². The number of halogens is 3. The highest BCUT2D eigenvalue weighted by Crippen LogP contribution is 2.34. The summed E-state index contributed by atoms with van der Waals surface area (Å²) in [4.78, 5) is 25.7. The van der Waals surface area contributed by atoms with Crippen LogP contribution in [0.25, 0.3) is 0 Å². The Bertz CT molecular complexity index is 835. The van der Waals surface area contributed by atoms with Crippen molar-refractivity contribution in [2.45, 2.75) is 25.4 Å². The van der Waals surface area contributed by atoms with Crippen LogP contribution in [-0.4, -0.2) is 18.5 Å². The average molecular weight is 377 g/mol. The SMILES string of the molecule is O=C(Nc1ccc(N2CCCCC2=O)cc1)Nc1ccccc1C(F)(F)F. The van der Waals surface area contributed by atoms with Gasteiger partial charge in [0, 0.05) is 24.3 Å². The summed E-state index contributed by atoms with van der Waals surface area (Å²) in [5.41, 5.74) is -0.101. The molecule has 0 bridgehead atoms. The quantitative estimate of drug-likeness (QED) is 0.802. The van der Waals surface area contributed by atoms with E-state index in [9.17, 15) is 22.8 Å². The van der Waals surface area contributed by atoms with Gasteiger partial charge in [-0.1, -0.05) is 12.1 Å². The Labute approximate surface area is 154 Å². The molecule has 5 nitrogen and oxygen atoms in total. The number of nitrogens with one attached hydrogen (secondary N) is 2. The molecule has 27 heavy (non-hydrogen) atoms. The van der Waals surface area contributed by atoms with Crippen molar-refractivity contribution in [2.75, 3.05) is 22.1 Å². The second kappa shape index (κ2) is 7.69. The Morgan fingerprint density at radius 1 is 0.963 bits per heavy atom. The number of anilines is 3. The van der Waals surface area contributed by atoms with Crippen molar-refractivity contribution in [3.63, 3.8) is 0 Å². The normalized spacial score (nSPS) is 14.8. The summed E-state index contributed by atoms with van der Waals surface area (Å²) in [5.74, 6) is 0.0588. The van der Waals surface area contributed by atoms with E-state index in [2.05, 4.69) is 10.6 Å². The molecule has 0 atom stereocenters. The second-order valence-corrected chi connectivity index (χ2v) is 6.17. The van der Waals surface area contributed by atoms with Crippen LogP contribution in [0.4, 0.5) is 35.0 Å². The maximum atomic E-state index is 13.0. The average Bonchev–Trinajstić information content (AvgIpc) is 2.62. The van der Waals surface area contributed by atoms with Crippen LogP contribution in [0.3, 0.4) is 0 Å². The van der Waals surface area contributed by atoms with Gasteiger partial charge in [0.15, 0.2) is 0 Å². The Balaban J connectivity index is 1.66. The van der Waals surface area contributed by atoms with Crippen molar-refractivity contribution >= 4 is 29.0 Å². The first kappa shape index (κ1) is 18.8. The van der Waals surface area contributed by atoms with Crippen molar-refractivity contribution in [1.29, 1.82) is 0 Å². The van der Waals surface area contributed by atoms with Crippen LogP contribution >= 0.6 is 0 Å². The summed E-state index contributed by atoms with van der Waals surface area (Å²) in [6, 6.07) is 10.6. The van der Waals surface area contributed by atoms with Crippen molar-refractivity contribution in [3.05, 3.63) is 54.1 Å². The Morgan fingerprint density at radius 2 is 1.67 bits per heavy atom. The number of hydrogen-bond acceptors (Lipinski definition) is 2. The van der Waals surface area contributed by atoms with E-state index in [1.54, 1.807) is 29.2 Å². The zero-order valence-corrected chi connectivity index (χ0v) is 14.3. The van der Waals surface area contributed by atoms with Crippen LogP contribution in [0.2, 0.25) is 0 Å². The van der Waals surface area contributed by atoms with E-state index < -0.39 is 17.8 Å². The van der Waals surface area contributed by atoms with E-state index in [0.717, 1.165) is 24.6 Å². The van der Waals surface area contributed by atoms with Crippen LogP contribution in [0.15, 0.2) is 48.5 Å². The summed E-state index contributed by atoms with van der Waals surface area (Å²) in [5, 5.41) is 4.71. The number of urea groups is 1. The van der Waals surface area contributed by atoms with Gasteiger partial charge in [-0.25, -0.2) is 4.79 Å². The summed E-state index contributed by atoms with van der Waals surface area (Å²) < 4.78 is 38.9. The summed E-state index contributed by atoms with van der Waals surface area (Å²) in [7, 11) is 0. The van der Waals surface area contributed by atoms with Gasteiger partial charge < -0.3 is 15.5 Å². The van der Waals surface area contributed by atoms with Gasteiger partial charge in [-0.3, -0.25) is 4.79 Å². The highest BCUT2D eigenvalue weighted by atomic mass is 19.4. The number of carbonyl (C=O) groups is 2. The molecule has 1 saturated heterocycles. The van der Waals surface area contributed by atoms with E-state index in [-0.39, 0.29) is 11.6 Å². The third-order valence-electron chi connectivity index (χ3n) is 4.24. The fourth-order valence-corrected chi connectivity index (χ4v) is 2.93. The molecule has 1 aliphatic rings. The molecule has 142 valence electrons. The van der Waals surface area contributed by atoms with E-state index >= 15 is 0 Å². The second-order valence-electron chi connectivity index (χ2n) is 6.17. The Kier molecular flexibility index (Phi) is 5.34. The monoisotopic (exact) mass is 377 g/mol.